The number of nitrogens with two attached hydrogens (primary N) is 1. The molecule has 1 aliphatic carbocycles. The molecule has 18 heavy (non-hydrogen) atoms. The van der Waals surface area contributed by atoms with Crippen molar-refractivity contribution in [3.8, 4) is 0 Å². The Balaban J connectivity index is 2.04. The van der Waals surface area contributed by atoms with Crippen LogP contribution in [0.25, 0.3) is 0 Å². The second-order valence-corrected chi connectivity index (χ2v) is 6.03. The van der Waals surface area contributed by atoms with E-state index in [0.717, 1.165) is 19.3 Å². The lowest BCUT2D eigenvalue weighted by molar-refractivity contribution is -0.124. The summed E-state index contributed by atoms with van der Waals surface area (Å²) in [5.74, 6) is -0.185. The molecule has 0 aromatic heterocycles. The van der Waals surface area contributed by atoms with Crippen LogP contribution in [0.15, 0.2) is 0 Å². The van der Waals surface area contributed by atoms with Crippen LogP contribution in [0.3, 0.4) is 0 Å². The second-order valence-electron chi connectivity index (χ2n) is 6.03. The first-order valence-corrected chi connectivity index (χ1v) is 7.33. The van der Waals surface area contributed by atoms with Crippen molar-refractivity contribution < 1.29 is 4.79 Å². The zero-order valence-corrected chi connectivity index (χ0v) is 11.7. The van der Waals surface area contributed by atoms with Gasteiger partial charge in [0.25, 0.3) is 0 Å². The number of nitrogens with one attached hydrogen (secondary N) is 1. The highest BCUT2D eigenvalue weighted by Gasteiger charge is 2.45. The molecule has 0 bridgehead atoms. The van der Waals surface area contributed by atoms with Gasteiger partial charge in [-0.2, -0.15) is 0 Å². The standard InChI is InChI=1S/C14H27N3O/c1-11-6-4-3-5-9-17(11)12-7-8-14(10-12,16-2)13(15)18/h11-12,16H,3-10H2,1-2H3,(H2,15,18). The van der Waals surface area contributed by atoms with Crippen LogP contribution < -0.4 is 11.1 Å². The first-order chi connectivity index (χ1) is 8.59. The van der Waals surface area contributed by atoms with Crippen molar-refractivity contribution in [2.24, 2.45) is 5.73 Å². The van der Waals surface area contributed by atoms with Crippen molar-refractivity contribution in [3.05, 3.63) is 0 Å². The molecular weight excluding hydrogens is 226 g/mol. The van der Waals surface area contributed by atoms with Gasteiger partial charge >= 0.3 is 0 Å². The fourth-order valence-corrected chi connectivity index (χ4v) is 3.72. The molecule has 3 N–H and O–H groups in total. The van der Waals surface area contributed by atoms with Crippen molar-refractivity contribution in [3.63, 3.8) is 0 Å². The van der Waals surface area contributed by atoms with Gasteiger partial charge in [0.05, 0.1) is 5.54 Å². The summed E-state index contributed by atoms with van der Waals surface area (Å²) >= 11 is 0. The zero-order chi connectivity index (χ0) is 13.2. The molecule has 4 nitrogen and oxygen atoms in total. The predicted octanol–water partition coefficient (Wildman–Crippen LogP) is 1.25. The number of likely N-dealkylation sites (tertiary alicyclic amines) is 1. The number of carbonyl (C=O) groups is 1. The third-order valence-corrected chi connectivity index (χ3v) is 5.01. The van der Waals surface area contributed by atoms with Crippen LogP contribution in [0.4, 0.5) is 0 Å². The van der Waals surface area contributed by atoms with Gasteiger partial charge in [-0.3, -0.25) is 9.69 Å². The van der Waals surface area contributed by atoms with Gasteiger partial charge in [0, 0.05) is 12.1 Å². The molecule has 3 unspecified atom stereocenters. The number of hydrogen-bond acceptors (Lipinski definition) is 3. The van der Waals surface area contributed by atoms with Gasteiger partial charge in [-0.1, -0.05) is 12.8 Å². The minimum absolute atomic E-state index is 0.185. The molecule has 1 saturated carbocycles. The number of amides is 1. The van der Waals surface area contributed by atoms with Gasteiger partial charge in [0.1, 0.15) is 0 Å². The summed E-state index contributed by atoms with van der Waals surface area (Å²) in [4.78, 5) is 14.3. The van der Waals surface area contributed by atoms with E-state index in [0.29, 0.717) is 12.1 Å². The Labute approximate surface area is 110 Å². The van der Waals surface area contributed by atoms with Crippen LogP contribution in [0.1, 0.15) is 51.9 Å². The molecule has 1 amide bonds. The molecule has 2 fully saturated rings. The molecule has 1 heterocycles. The lowest BCUT2D eigenvalue weighted by Crippen LogP contribution is -2.53. The van der Waals surface area contributed by atoms with E-state index >= 15 is 0 Å². The molecule has 2 aliphatic rings. The van der Waals surface area contributed by atoms with E-state index in [9.17, 15) is 4.79 Å². The highest BCUT2D eigenvalue weighted by molar-refractivity contribution is 5.85. The Hall–Kier alpha value is -0.610. The average Bonchev–Trinajstić information content (AvgIpc) is 2.68. The maximum Gasteiger partial charge on any atom is 0.237 e. The molecule has 0 aromatic carbocycles. The highest BCUT2D eigenvalue weighted by atomic mass is 16.1. The Morgan fingerprint density at radius 1 is 1.33 bits per heavy atom. The monoisotopic (exact) mass is 253 g/mol. The normalized spacial score (nSPS) is 38.6. The number of nitrogens with zero attached hydrogens (tertiary/aromatic N) is 1. The number of primary amides is 1. The lowest BCUT2D eigenvalue weighted by Gasteiger charge is -2.34. The molecular formula is C14H27N3O. The van der Waals surface area contributed by atoms with Crippen LogP contribution in [0, 0.1) is 0 Å². The molecule has 2 rings (SSSR count). The van der Waals surface area contributed by atoms with Gasteiger partial charge in [-0.05, 0) is 52.6 Å². The molecule has 0 aromatic rings. The lowest BCUT2D eigenvalue weighted by atomic mass is 9.96. The first kappa shape index (κ1) is 13.8. The van der Waals surface area contributed by atoms with E-state index in [2.05, 4.69) is 17.1 Å². The van der Waals surface area contributed by atoms with Crippen LogP contribution in [-0.4, -0.2) is 42.0 Å². The van der Waals surface area contributed by atoms with Crippen molar-refractivity contribution in [1.82, 2.24) is 10.2 Å². The molecule has 1 saturated heterocycles. The van der Waals surface area contributed by atoms with Crippen LogP contribution >= 0.6 is 0 Å². The Morgan fingerprint density at radius 2 is 2.11 bits per heavy atom. The average molecular weight is 253 g/mol. The predicted molar refractivity (Wildman–Crippen MR) is 73.3 cm³/mol. The summed E-state index contributed by atoms with van der Waals surface area (Å²) in [5.41, 5.74) is 5.12. The molecule has 104 valence electrons. The third kappa shape index (κ3) is 2.54. The van der Waals surface area contributed by atoms with Crippen molar-refractivity contribution in [1.29, 1.82) is 0 Å². The summed E-state index contributed by atoms with van der Waals surface area (Å²) in [5, 5.41) is 3.18. The van der Waals surface area contributed by atoms with Crippen molar-refractivity contribution in [2.45, 2.75) is 69.5 Å². The highest BCUT2D eigenvalue weighted by Crippen LogP contribution is 2.35. The maximum absolute atomic E-state index is 11.7. The third-order valence-electron chi connectivity index (χ3n) is 5.01. The second kappa shape index (κ2) is 5.57. The van der Waals surface area contributed by atoms with E-state index in [1.165, 1.54) is 32.2 Å². The fourth-order valence-electron chi connectivity index (χ4n) is 3.72. The number of hydrogen-bond donors (Lipinski definition) is 2. The molecule has 3 atom stereocenters. The molecule has 1 aliphatic heterocycles. The Morgan fingerprint density at radius 3 is 2.72 bits per heavy atom. The van der Waals surface area contributed by atoms with E-state index in [1.54, 1.807) is 0 Å². The SMILES string of the molecule is CNC1(C(N)=O)CCC(N2CCCCCC2C)C1. The minimum atomic E-state index is -0.462. The first-order valence-electron chi connectivity index (χ1n) is 7.33. The smallest absolute Gasteiger partial charge is 0.237 e. The largest absolute Gasteiger partial charge is 0.368 e. The maximum atomic E-state index is 11.7. The fraction of sp³-hybridized carbons (Fsp3) is 0.929. The van der Waals surface area contributed by atoms with Gasteiger partial charge in [-0.15, -0.1) is 0 Å². The van der Waals surface area contributed by atoms with Gasteiger partial charge in [0.15, 0.2) is 0 Å². The zero-order valence-electron chi connectivity index (χ0n) is 11.7. The Bertz CT molecular complexity index is 307. The van der Waals surface area contributed by atoms with Crippen molar-refractivity contribution >= 4 is 5.91 Å². The van der Waals surface area contributed by atoms with Gasteiger partial charge in [-0.25, -0.2) is 0 Å². The van der Waals surface area contributed by atoms with E-state index in [4.69, 9.17) is 5.73 Å². The number of likely N-dealkylation sites (N-methyl/N-ethyl adjacent to an activating group) is 1. The van der Waals surface area contributed by atoms with E-state index in [-0.39, 0.29) is 5.91 Å². The van der Waals surface area contributed by atoms with Crippen LogP contribution in [0.2, 0.25) is 0 Å². The minimum Gasteiger partial charge on any atom is -0.368 e. The quantitative estimate of drug-likeness (QED) is 0.796. The molecule has 0 spiro atoms. The topological polar surface area (TPSA) is 58.4 Å². The summed E-state index contributed by atoms with van der Waals surface area (Å²) in [6.45, 7) is 3.51. The summed E-state index contributed by atoms with van der Waals surface area (Å²) in [6.07, 6.45) is 8.13. The number of carbonyl (C=O) groups excluding carboxylic acids is 1. The van der Waals surface area contributed by atoms with Gasteiger partial charge < -0.3 is 11.1 Å². The summed E-state index contributed by atoms with van der Waals surface area (Å²) < 4.78 is 0. The van der Waals surface area contributed by atoms with Crippen LogP contribution in [-0.2, 0) is 4.79 Å². The molecule has 0 radical (unpaired) electrons. The van der Waals surface area contributed by atoms with Gasteiger partial charge in [0.2, 0.25) is 5.91 Å². The molecule has 4 heteroatoms. The summed E-state index contributed by atoms with van der Waals surface area (Å²) in [6, 6.07) is 1.18. The van der Waals surface area contributed by atoms with Crippen molar-refractivity contribution in [2.75, 3.05) is 13.6 Å². The number of rotatable bonds is 3. The van der Waals surface area contributed by atoms with Crippen LogP contribution in [0.5, 0.6) is 0 Å². The van der Waals surface area contributed by atoms with E-state index < -0.39 is 5.54 Å². The van der Waals surface area contributed by atoms with E-state index in [1.807, 2.05) is 7.05 Å². The Kier molecular flexibility index (Phi) is 4.28. The summed E-state index contributed by atoms with van der Waals surface area (Å²) in [7, 11) is 1.86.